The van der Waals surface area contributed by atoms with E-state index < -0.39 is 23.3 Å². The summed E-state index contributed by atoms with van der Waals surface area (Å²) in [7, 11) is 1.59. The smallest absolute Gasteiger partial charge is 0.244 e. The van der Waals surface area contributed by atoms with Gasteiger partial charge in [0.2, 0.25) is 17.7 Å². The van der Waals surface area contributed by atoms with Crippen LogP contribution in [0.4, 0.5) is 0 Å². The van der Waals surface area contributed by atoms with Crippen LogP contribution < -0.4 is 10.8 Å². The summed E-state index contributed by atoms with van der Waals surface area (Å²) in [5, 5.41) is 11.7. The summed E-state index contributed by atoms with van der Waals surface area (Å²) >= 11 is 0. The minimum atomic E-state index is -0.620. The van der Waals surface area contributed by atoms with E-state index >= 15 is 0 Å². The third kappa shape index (κ3) is 7.28. The zero-order valence-electron chi connectivity index (χ0n) is 19.2. The van der Waals surface area contributed by atoms with E-state index in [1.807, 2.05) is 34.6 Å². The molecule has 0 saturated heterocycles. The van der Waals surface area contributed by atoms with Crippen LogP contribution in [0.15, 0.2) is 0 Å². The number of carbonyl (C=O) groups is 3. The lowest BCUT2D eigenvalue weighted by Crippen LogP contribution is -2.60. The predicted octanol–water partition coefficient (Wildman–Crippen LogP) is 3.11. The summed E-state index contributed by atoms with van der Waals surface area (Å²) in [6.07, 6.45) is 4.19. The molecule has 3 amide bonds. The fourth-order valence-corrected chi connectivity index (χ4v) is 4.43. The zero-order valence-corrected chi connectivity index (χ0v) is 19.2. The van der Waals surface area contributed by atoms with E-state index in [1.54, 1.807) is 17.4 Å². The van der Waals surface area contributed by atoms with Gasteiger partial charge in [-0.25, -0.2) is 5.48 Å². The van der Waals surface area contributed by atoms with Crippen molar-refractivity contribution < 1.29 is 19.6 Å². The zero-order chi connectivity index (χ0) is 22.4. The molecule has 0 spiro atoms. The van der Waals surface area contributed by atoms with E-state index in [0.717, 1.165) is 25.7 Å². The van der Waals surface area contributed by atoms with Gasteiger partial charge >= 0.3 is 0 Å². The third-order valence-corrected chi connectivity index (χ3v) is 5.89. The summed E-state index contributed by atoms with van der Waals surface area (Å²) in [5.41, 5.74) is 1.19. The quantitative estimate of drug-likeness (QED) is 0.422. The van der Waals surface area contributed by atoms with Crippen LogP contribution in [0.2, 0.25) is 0 Å². The second kappa shape index (κ2) is 11.0. The van der Waals surface area contributed by atoms with Crippen LogP contribution in [-0.4, -0.2) is 47.0 Å². The van der Waals surface area contributed by atoms with E-state index in [2.05, 4.69) is 12.2 Å². The molecule has 3 N–H and O–H groups in total. The summed E-state index contributed by atoms with van der Waals surface area (Å²) in [6.45, 7) is 12.1. The van der Waals surface area contributed by atoms with Crippen LogP contribution in [0.1, 0.15) is 80.1 Å². The standard InChI is InChI=1S/C22H41N3O4/c1-14(2)12-16(13-18(26)24-29)21(28)25(17-10-8-15(3)9-11-17)19(20(27)23-7)22(4,5)6/h14-17,19,29H,8-13H2,1-7H3,(H,23,27)(H,24,26)/t15?,16-,17?,19+/m0/s1. The maximum atomic E-state index is 13.8. The van der Waals surface area contributed by atoms with Crippen molar-refractivity contribution in [3.63, 3.8) is 0 Å². The van der Waals surface area contributed by atoms with Gasteiger partial charge in [0, 0.05) is 25.4 Å². The van der Waals surface area contributed by atoms with E-state index in [9.17, 15) is 14.4 Å². The molecule has 1 rings (SSSR count). The lowest BCUT2D eigenvalue weighted by atomic mass is 9.79. The van der Waals surface area contributed by atoms with Crippen LogP contribution in [0.25, 0.3) is 0 Å². The maximum absolute atomic E-state index is 13.8. The van der Waals surface area contributed by atoms with Gasteiger partial charge in [-0.1, -0.05) is 41.5 Å². The number of carbonyl (C=O) groups excluding carboxylic acids is 3. The van der Waals surface area contributed by atoms with Crippen LogP contribution >= 0.6 is 0 Å². The molecule has 1 fully saturated rings. The summed E-state index contributed by atoms with van der Waals surface area (Å²) in [6, 6.07) is -0.641. The number of hydrogen-bond donors (Lipinski definition) is 3. The largest absolute Gasteiger partial charge is 0.357 e. The van der Waals surface area contributed by atoms with E-state index in [4.69, 9.17) is 5.21 Å². The number of likely N-dealkylation sites (N-methyl/N-ethyl adjacent to an activating group) is 1. The van der Waals surface area contributed by atoms with Crippen molar-refractivity contribution in [3.05, 3.63) is 0 Å². The van der Waals surface area contributed by atoms with Gasteiger partial charge in [0.15, 0.2) is 0 Å². The topological polar surface area (TPSA) is 98.7 Å². The molecule has 7 nitrogen and oxygen atoms in total. The van der Waals surface area contributed by atoms with E-state index in [0.29, 0.717) is 12.3 Å². The number of rotatable bonds is 8. The molecule has 0 aromatic heterocycles. The fraction of sp³-hybridized carbons (Fsp3) is 0.864. The van der Waals surface area contributed by atoms with Gasteiger partial charge in [0.25, 0.3) is 0 Å². The number of nitrogens with zero attached hydrogens (tertiary/aromatic N) is 1. The molecule has 1 aliphatic rings. The Balaban J connectivity index is 3.36. The molecule has 1 aliphatic carbocycles. The van der Waals surface area contributed by atoms with Gasteiger partial charge in [0.05, 0.1) is 0 Å². The van der Waals surface area contributed by atoms with Gasteiger partial charge < -0.3 is 10.2 Å². The Kier molecular flexibility index (Phi) is 9.59. The van der Waals surface area contributed by atoms with Crippen molar-refractivity contribution in [2.24, 2.45) is 23.2 Å². The first-order valence-electron chi connectivity index (χ1n) is 10.9. The van der Waals surface area contributed by atoms with Gasteiger partial charge in [-0.3, -0.25) is 19.6 Å². The van der Waals surface area contributed by atoms with Gasteiger partial charge in [-0.05, 0) is 49.4 Å². The van der Waals surface area contributed by atoms with Crippen molar-refractivity contribution in [1.82, 2.24) is 15.7 Å². The van der Waals surface area contributed by atoms with Crippen molar-refractivity contribution in [2.75, 3.05) is 7.05 Å². The Morgan fingerprint density at radius 2 is 1.66 bits per heavy atom. The summed E-state index contributed by atoms with van der Waals surface area (Å²) in [4.78, 5) is 40.4. The van der Waals surface area contributed by atoms with Crippen molar-refractivity contribution >= 4 is 17.7 Å². The highest BCUT2D eigenvalue weighted by atomic mass is 16.5. The molecule has 0 aliphatic heterocycles. The first-order chi connectivity index (χ1) is 13.4. The van der Waals surface area contributed by atoms with Crippen molar-refractivity contribution in [1.29, 1.82) is 0 Å². The van der Waals surface area contributed by atoms with E-state index in [1.165, 1.54) is 0 Å². The number of amides is 3. The molecule has 0 bridgehead atoms. The number of nitrogens with one attached hydrogen (secondary N) is 2. The number of hydroxylamine groups is 1. The first kappa shape index (κ1) is 25.4. The molecule has 1 saturated carbocycles. The molecular formula is C22H41N3O4. The minimum absolute atomic E-state index is 0.0212. The Bertz CT molecular complexity index is 563. The lowest BCUT2D eigenvalue weighted by Gasteiger charge is -2.46. The highest BCUT2D eigenvalue weighted by Crippen LogP contribution is 2.35. The van der Waals surface area contributed by atoms with Crippen molar-refractivity contribution in [2.45, 2.75) is 92.2 Å². The van der Waals surface area contributed by atoms with Crippen molar-refractivity contribution in [3.8, 4) is 0 Å². The average Bonchev–Trinajstić information content (AvgIpc) is 2.63. The minimum Gasteiger partial charge on any atom is -0.357 e. The third-order valence-electron chi connectivity index (χ3n) is 5.89. The normalized spacial score (nSPS) is 22.0. The Labute approximate surface area is 175 Å². The Morgan fingerprint density at radius 1 is 1.10 bits per heavy atom. The SMILES string of the molecule is CNC(=O)[C@@H](N(C(=O)[C@H](CC(=O)NO)CC(C)C)C1CCC(C)CC1)C(C)(C)C. The lowest BCUT2D eigenvalue weighted by molar-refractivity contribution is -0.154. The van der Waals surface area contributed by atoms with Crippen LogP contribution in [0.3, 0.4) is 0 Å². The molecule has 0 aromatic carbocycles. The Hall–Kier alpha value is -1.63. The highest BCUT2D eigenvalue weighted by molar-refractivity contribution is 5.91. The molecule has 0 heterocycles. The average molecular weight is 412 g/mol. The van der Waals surface area contributed by atoms with Gasteiger partial charge in [-0.2, -0.15) is 0 Å². The molecule has 7 heteroatoms. The predicted molar refractivity (Wildman–Crippen MR) is 113 cm³/mol. The molecule has 168 valence electrons. The molecule has 0 aromatic rings. The van der Waals surface area contributed by atoms with Crippen LogP contribution in [0, 0.1) is 23.2 Å². The molecule has 2 atom stereocenters. The fourth-order valence-electron chi connectivity index (χ4n) is 4.43. The highest BCUT2D eigenvalue weighted by Gasteiger charge is 2.44. The molecular weight excluding hydrogens is 370 g/mol. The summed E-state index contributed by atoms with van der Waals surface area (Å²) in [5.74, 6) is -0.672. The van der Waals surface area contributed by atoms with Gasteiger partial charge in [0.1, 0.15) is 6.04 Å². The Morgan fingerprint density at radius 3 is 2.07 bits per heavy atom. The maximum Gasteiger partial charge on any atom is 0.244 e. The molecule has 0 radical (unpaired) electrons. The second-order valence-electron chi connectivity index (χ2n) is 10.1. The summed E-state index contributed by atoms with van der Waals surface area (Å²) < 4.78 is 0. The monoisotopic (exact) mass is 411 g/mol. The van der Waals surface area contributed by atoms with Crippen LogP contribution in [0.5, 0.6) is 0 Å². The van der Waals surface area contributed by atoms with Crippen LogP contribution in [-0.2, 0) is 14.4 Å². The number of hydrogen-bond acceptors (Lipinski definition) is 4. The second-order valence-corrected chi connectivity index (χ2v) is 10.1. The molecule has 29 heavy (non-hydrogen) atoms. The van der Waals surface area contributed by atoms with Gasteiger partial charge in [-0.15, -0.1) is 0 Å². The first-order valence-corrected chi connectivity index (χ1v) is 10.9. The van der Waals surface area contributed by atoms with E-state index in [-0.39, 0.29) is 30.2 Å². The molecule has 0 unspecified atom stereocenters.